The molecule has 1 aliphatic carbocycles. The molecule has 19 heavy (non-hydrogen) atoms. The Morgan fingerprint density at radius 2 is 1.84 bits per heavy atom. The summed E-state index contributed by atoms with van der Waals surface area (Å²) in [6.45, 7) is 8.67. The minimum absolute atomic E-state index is 0.220. The van der Waals surface area contributed by atoms with Crippen LogP contribution in [0.25, 0.3) is 0 Å². The molecule has 0 radical (unpaired) electrons. The SMILES string of the molecule is CC(CC1CC1)NC(C)c1ccccc1OC(C)C. The van der Waals surface area contributed by atoms with E-state index in [4.69, 9.17) is 4.74 Å². The molecule has 0 spiro atoms. The molecule has 1 saturated carbocycles. The lowest BCUT2D eigenvalue weighted by atomic mass is 10.0. The van der Waals surface area contributed by atoms with E-state index in [9.17, 15) is 0 Å². The largest absolute Gasteiger partial charge is 0.491 e. The van der Waals surface area contributed by atoms with Gasteiger partial charge in [-0.3, -0.25) is 0 Å². The summed E-state index contributed by atoms with van der Waals surface area (Å²) < 4.78 is 5.90. The number of hydrogen-bond acceptors (Lipinski definition) is 2. The van der Waals surface area contributed by atoms with Gasteiger partial charge in [-0.1, -0.05) is 31.0 Å². The highest BCUT2D eigenvalue weighted by molar-refractivity contribution is 5.35. The second-order valence-corrected chi connectivity index (χ2v) is 6.17. The summed E-state index contributed by atoms with van der Waals surface area (Å²) in [7, 11) is 0. The van der Waals surface area contributed by atoms with Crippen molar-refractivity contribution >= 4 is 0 Å². The molecule has 1 aromatic rings. The molecule has 0 bridgehead atoms. The summed E-state index contributed by atoms with van der Waals surface area (Å²) in [6, 6.07) is 9.28. The molecule has 2 rings (SSSR count). The zero-order chi connectivity index (χ0) is 13.8. The zero-order valence-electron chi connectivity index (χ0n) is 12.6. The van der Waals surface area contributed by atoms with E-state index in [1.165, 1.54) is 24.8 Å². The monoisotopic (exact) mass is 261 g/mol. The van der Waals surface area contributed by atoms with E-state index in [0.29, 0.717) is 12.1 Å². The lowest BCUT2D eigenvalue weighted by Gasteiger charge is -2.23. The van der Waals surface area contributed by atoms with Crippen LogP contribution in [0, 0.1) is 5.92 Å². The molecular weight excluding hydrogens is 234 g/mol. The average molecular weight is 261 g/mol. The van der Waals surface area contributed by atoms with Gasteiger partial charge in [0.2, 0.25) is 0 Å². The maximum atomic E-state index is 5.90. The molecule has 2 nitrogen and oxygen atoms in total. The molecule has 0 amide bonds. The van der Waals surface area contributed by atoms with E-state index in [2.05, 4.69) is 51.2 Å². The van der Waals surface area contributed by atoms with Crippen molar-refractivity contribution < 1.29 is 4.74 Å². The molecule has 0 aromatic heterocycles. The van der Waals surface area contributed by atoms with Crippen LogP contribution >= 0.6 is 0 Å². The third-order valence-electron chi connectivity index (χ3n) is 3.67. The maximum absolute atomic E-state index is 5.90. The maximum Gasteiger partial charge on any atom is 0.124 e. The Morgan fingerprint density at radius 3 is 2.47 bits per heavy atom. The van der Waals surface area contributed by atoms with Gasteiger partial charge in [0.25, 0.3) is 0 Å². The van der Waals surface area contributed by atoms with Crippen molar-refractivity contribution in [1.82, 2.24) is 5.32 Å². The summed E-state index contributed by atoms with van der Waals surface area (Å²) in [5.41, 5.74) is 1.26. The molecule has 2 atom stereocenters. The van der Waals surface area contributed by atoms with Crippen molar-refractivity contribution in [2.45, 2.75) is 65.1 Å². The second-order valence-electron chi connectivity index (χ2n) is 6.17. The Hall–Kier alpha value is -1.02. The lowest BCUT2D eigenvalue weighted by molar-refractivity contribution is 0.237. The Bertz CT molecular complexity index is 398. The van der Waals surface area contributed by atoms with Gasteiger partial charge in [-0.15, -0.1) is 0 Å². The number of hydrogen-bond donors (Lipinski definition) is 1. The van der Waals surface area contributed by atoms with Crippen LogP contribution in [-0.2, 0) is 0 Å². The smallest absolute Gasteiger partial charge is 0.124 e. The van der Waals surface area contributed by atoms with Crippen LogP contribution in [0.4, 0.5) is 0 Å². The summed E-state index contributed by atoms with van der Waals surface area (Å²) in [4.78, 5) is 0. The Balaban J connectivity index is 1.98. The third kappa shape index (κ3) is 4.54. The molecule has 1 aliphatic rings. The fourth-order valence-electron chi connectivity index (χ4n) is 2.64. The fraction of sp³-hybridized carbons (Fsp3) is 0.647. The summed E-state index contributed by atoms with van der Waals surface area (Å²) in [6.07, 6.45) is 4.37. The van der Waals surface area contributed by atoms with Gasteiger partial charge < -0.3 is 10.1 Å². The normalized spacial score (nSPS) is 18.4. The van der Waals surface area contributed by atoms with Crippen molar-refractivity contribution in [1.29, 1.82) is 0 Å². The number of benzene rings is 1. The molecule has 106 valence electrons. The number of para-hydroxylation sites is 1. The van der Waals surface area contributed by atoms with Gasteiger partial charge in [-0.05, 0) is 46.1 Å². The predicted molar refractivity (Wildman–Crippen MR) is 80.6 cm³/mol. The quantitative estimate of drug-likeness (QED) is 0.789. The predicted octanol–water partition coefficient (Wildman–Crippen LogP) is 4.31. The van der Waals surface area contributed by atoms with Gasteiger partial charge in [0.05, 0.1) is 6.10 Å². The molecule has 1 N–H and O–H groups in total. The van der Waals surface area contributed by atoms with Gasteiger partial charge >= 0.3 is 0 Å². The lowest BCUT2D eigenvalue weighted by Crippen LogP contribution is -2.29. The van der Waals surface area contributed by atoms with Crippen molar-refractivity contribution in [3.8, 4) is 5.75 Å². The van der Waals surface area contributed by atoms with Crippen molar-refractivity contribution in [2.75, 3.05) is 0 Å². The molecule has 2 heteroatoms. The van der Waals surface area contributed by atoms with E-state index < -0.39 is 0 Å². The summed E-state index contributed by atoms with van der Waals surface area (Å²) in [5, 5.41) is 3.70. The Labute approximate surface area is 117 Å². The van der Waals surface area contributed by atoms with Gasteiger partial charge in [-0.2, -0.15) is 0 Å². The van der Waals surface area contributed by atoms with Crippen LogP contribution in [0.15, 0.2) is 24.3 Å². The molecule has 1 fully saturated rings. The minimum Gasteiger partial charge on any atom is -0.491 e. The van der Waals surface area contributed by atoms with Crippen molar-refractivity contribution in [3.63, 3.8) is 0 Å². The van der Waals surface area contributed by atoms with Crippen molar-refractivity contribution in [2.24, 2.45) is 5.92 Å². The van der Waals surface area contributed by atoms with E-state index in [1.54, 1.807) is 0 Å². The van der Waals surface area contributed by atoms with Gasteiger partial charge in [0.15, 0.2) is 0 Å². The number of nitrogens with one attached hydrogen (secondary N) is 1. The highest BCUT2D eigenvalue weighted by Gasteiger charge is 2.24. The van der Waals surface area contributed by atoms with E-state index >= 15 is 0 Å². The summed E-state index contributed by atoms with van der Waals surface area (Å²) in [5.74, 6) is 1.98. The van der Waals surface area contributed by atoms with Gasteiger partial charge in [0, 0.05) is 17.6 Å². The number of rotatable bonds is 7. The molecule has 0 saturated heterocycles. The van der Waals surface area contributed by atoms with Gasteiger partial charge in [-0.25, -0.2) is 0 Å². The van der Waals surface area contributed by atoms with Gasteiger partial charge in [0.1, 0.15) is 5.75 Å². The average Bonchev–Trinajstić information content (AvgIpc) is 3.12. The molecule has 2 unspecified atom stereocenters. The Morgan fingerprint density at radius 1 is 1.16 bits per heavy atom. The van der Waals surface area contributed by atoms with E-state index in [0.717, 1.165) is 11.7 Å². The topological polar surface area (TPSA) is 21.3 Å². The van der Waals surface area contributed by atoms with E-state index in [-0.39, 0.29) is 6.10 Å². The molecule has 1 aromatic carbocycles. The molecule has 0 aliphatic heterocycles. The standard InChI is InChI=1S/C17H27NO/c1-12(2)19-17-8-6-5-7-16(17)14(4)18-13(3)11-15-9-10-15/h5-8,12-15,18H,9-11H2,1-4H3. The van der Waals surface area contributed by atoms with Crippen LogP contribution in [-0.4, -0.2) is 12.1 Å². The fourth-order valence-corrected chi connectivity index (χ4v) is 2.64. The van der Waals surface area contributed by atoms with Crippen LogP contribution in [0.1, 0.15) is 58.6 Å². The number of ether oxygens (including phenoxy) is 1. The van der Waals surface area contributed by atoms with E-state index in [1.807, 2.05) is 6.07 Å². The van der Waals surface area contributed by atoms with Crippen LogP contribution in [0.3, 0.4) is 0 Å². The van der Waals surface area contributed by atoms with Crippen molar-refractivity contribution in [3.05, 3.63) is 29.8 Å². The first-order valence-electron chi connectivity index (χ1n) is 7.58. The highest BCUT2D eigenvalue weighted by Crippen LogP contribution is 2.34. The molecule has 0 heterocycles. The van der Waals surface area contributed by atoms with Crippen LogP contribution in [0.2, 0.25) is 0 Å². The van der Waals surface area contributed by atoms with Crippen LogP contribution in [0.5, 0.6) is 5.75 Å². The zero-order valence-corrected chi connectivity index (χ0v) is 12.6. The third-order valence-corrected chi connectivity index (χ3v) is 3.67. The first-order chi connectivity index (χ1) is 9.06. The highest BCUT2D eigenvalue weighted by atomic mass is 16.5. The summed E-state index contributed by atoms with van der Waals surface area (Å²) >= 11 is 0. The van der Waals surface area contributed by atoms with Crippen LogP contribution < -0.4 is 10.1 Å². The Kier molecular flexibility index (Phi) is 4.87. The first-order valence-corrected chi connectivity index (χ1v) is 7.58. The molecular formula is C17H27NO. The second kappa shape index (κ2) is 6.42. The first kappa shape index (κ1) is 14.4. The minimum atomic E-state index is 0.220.